The average Bonchev–Trinajstić information content (AvgIpc) is 2.56. The standard InChI is InChI=1S/C13H12N2O.C5H11N/c1-9-3-4-11-5-6-12(7-13(11)15-9)10(2)16-8-14;1-2-4-6-5-3-1/h5-7,15H,1-4H2;6H,1-5H2. The number of ether oxygens (including phenoxy) is 1. The Labute approximate surface area is 132 Å². The van der Waals surface area contributed by atoms with E-state index in [2.05, 4.69) is 23.8 Å². The van der Waals surface area contributed by atoms with Crippen molar-refractivity contribution in [3.8, 4) is 6.26 Å². The Morgan fingerprint density at radius 2 is 1.95 bits per heavy atom. The number of piperidine rings is 1. The Kier molecular flexibility index (Phi) is 6.05. The maximum atomic E-state index is 8.42. The number of fused-ring (bicyclic) bond motifs is 1. The molecule has 1 fully saturated rings. The molecule has 2 aliphatic heterocycles. The molecule has 0 aliphatic carbocycles. The Balaban J connectivity index is 0.000000246. The zero-order chi connectivity index (χ0) is 15.8. The molecule has 2 N–H and O–H groups in total. The van der Waals surface area contributed by atoms with Crippen molar-refractivity contribution in [3.63, 3.8) is 0 Å². The van der Waals surface area contributed by atoms with Gasteiger partial charge in [-0.05, 0) is 50.4 Å². The van der Waals surface area contributed by atoms with E-state index < -0.39 is 0 Å². The number of benzene rings is 1. The molecule has 0 unspecified atom stereocenters. The first-order chi connectivity index (χ1) is 10.7. The van der Waals surface area contributed by atoms with Crippen molar-refractivity contribution in [2.24, 2.45) is 0 Å². The van der Waals surface area contributed by atoms with Gasteiger partial charge in [0, 0.05) is 16.9 Å². The monoisotopic (exact) mass is 297 g/mol. The van der Waals surface area contributed by atoms with Crippen molar-refractivity contribution < 1.29 is 4.74 Å². The molecule has 4 heteroatoms. The highest BCUT2D eigenvalue weighted by atomic mass is 16.5. The number of nitriles is 1. The van der Waals surface area contributed by atoms with Gasteiger partial charge in [-0.1, -0.05) is 31.7 Å². The SMILES string of the molecule is C1CCNCC1.C=C1CCc2ccc(C(=C)OC#N)cc2N1. The van der Waals surface area contributed by atoms with Gasteiger partial charge in [-0.2, -0.15) is 0 Å². The van der Waals surface area contributed by atoms with Crippen molar-refractivity contribution in [1.29, 1.82) is 5.26 Å². The molecule has 1 saturated heterocycles. The summed E-state index contributed by atoms with van der Waals surface area (Å²) in [5.74, 6) is 0.364. The van der Waals surface area contributed by atoms with E-state index in [1.165, 1.54) is 37.9 Å². The Morgan fingerprint density at radius 1 is 1.18 bits per heavy atom. The predicted molar refractivity (Wildman–Crippen MR) is 90.0 cm³/mol. The van der Waals surface area contributed by atoms with Gasteiger partial charge in [0.15, 0.2) is 0 Å². The van der Waals surface area contributed by atoms with Crippen molar-refractivity contribution >= 4 is 11.4 Å². The largest absolute Gasteiger partial charge is 0.388 e. The fraction of sp³-hybridized carbons (Fsp3) is 0.389. The molecular formula is C18H23N3O. The Hall–Kier alpha value is -2.25. The molecule has 2 aliphatic rings. The molecule has 0 amide bonds. The van der Waals surface area contributed by atoms with Gasteiger partial charge < -0.3 is 15.4 Å². The average molecular weight is 297 g/mol. The number of nitrogens with zero attached hydrogens (tertiary/aromatic N) is 1. The third-order valence-electron chi connectivity index (χ3n) is 3.82. The van der Waals surface area contributed by atoms with Gasteiger partial charge in [-0.15, -0.1) is 5.26 Å². The van der Waals surface area contributed by atoms with Crippen LogP contribution in [-0.4, -0.2) is 13.1 Å². The zero-order valence-electron chi connectivity index (χ0n) is 13.0. The second kappa shape index (κ2) is 8.26. The van der Waals surface area contributed by atoms with E-state index in [9.17, 15) is 0 Å². The van der Waals surface area contributed by atoms with Crippen LogP contribution in [0, 0.1) is 11.5 Å². The van der Waals surface area contributed by atoms with E-state index in [-0.39, 0.29) is 0 Å². The van der Waals surface area contributed by atoms with E-state index in [0.29, 0.717) is 5.76 Å². The van der Waals surface area contributed by atoms with Crippen LogP contribution < -0.4 is 10.6 Å². The Bertz CT molecular complexity index is 571. The third-order valence-corrected chi connectivity index (χ3v) is 3.82. The van der Waals surface area contributed by atoms with Crippen molar-refractivity contribution in [1.82, 2.24) is 5.32 Å². The van der Waals surface area contributed by atoms with E-state index in [1.54, 1.807) is 6.26 Å². The molecule has 2 heterocycles. The highest BCUT2D eigenvalue weighted by Gasteiger charge is 2.12. The van der Waals surface area contributed by atoms with Gasteiger partial charge in [0.05, 0.1) is 0 Å². The second-order valence-electron chi connectivity index (χ2n) is 5.53. The summed E-state index contributed by atoms with van der Waals surface area (Å²) in [4.78, 5) is 0. The first-order valence-corrected chi connectivity index (χ1v) is 7.74. The fourth-order valence-electron chi connectivity index (χ4n) is 2.54. The molecule has 0 aromatic heterocycles. The summed E-state index contributed by atoms with van der Waals surface area (Å²) < 4.78 is 4.71. The molecule has 0 radical (unpaired) electrons. The first kappa shape index (κ1) is 16.1. The van der Waals surface area contributed by atoms with E-state index in [0.717, 1.165) is 29.8 Å². The summed E-state index contributed by atoms with van der Waals surface area (Å²) in [6, 6.07) is 5.86. The number of hydrogen-bond donors (Lipinski definition) is 2. The highest BCUT2D eigenvalue weighted by molar-refractivity contribution is 5.67. The van der Waals surface area contributed by atoms with Gasteiger partial charge in [0.2, 0.25) is 0 Å². The van der Waals surface area contributed by atoms with Crippen molar-refractivity contribution in [3.05, 3.63) is 48.2 Å². The second-order valence-corrected chi connectivity index (χ2v) is 5.53. The molecule has 4 nitrogen and oxygen atoms in total. The quantitative estimate of drug-likeness (QED) is 0.644. The van der Waals surface area contributed by atoms with E-state index in [4.69, 9.17) is 10.00 Å². The molecule has 1 aromatic rings. The van der Waals surface area contributed by atoms with Crippen LogP contribution in [0.5, 0.6) is 0 Å². The maximum Gasteiger partial charge on any atom is 0.292 e. The van der Waals surface area contributed by atoms with Crippen LogP contribution in [0.15, 0.2) is 37.1 Å². The zero-order valence-corrected chi connectivity index (χ0v) is 13.0. The van der Waals surface area contributed by atoms with E-state index >= 15 is 0 Å². The van der Waals surface area contributed by atoms with Gasteiger partial charge in [-0.3, -0.25) is 0 Å². The lowest BCUT2D eigenvalue weighted by atomic mass is 9.99. The fourth-order valence-corrected chi connectivity index (χ4v) is 2.54. The van der Waals surface area contributed by atoms with Crippen LogP contribution in [0.3, 0.4) is 0 Å². The Morgan fingerprint density at radius 3 is 2.55 bits per heavy atom. The molecule has 0 spiro atoms. The summed E-state index contributed by atoms with van der Waals surface area (Å²) in [5, 5.41) is 14.9. The number of hydrogen-bond acceptors (Lipinski definition) is 4. The molecule has 0 bridgehead atoms. The molecule has 1 aromatic carbocycles. The number of rotatable bonds is 2. The van der Waals surface area contributed by atoms with Crippen LogP contribution in [0.25, 0.3) is 5.76 Å². The molecule has 0 atom stereocenters. The normalized spacial score (nSPS) is 16.2. The summed E-state index contributed by atoms with van der Waals surface area (Å²) in [6.45, 7) is 10.1. The van der Waals surface area contributed by atoms with Crippen LogP contribution in [0.1, 0.15) is 36.8 Å². The van der Waals surface area contributed by atoms with Gasteiger partial charge in [0.1, 0.15) is 5.76 Å². The van der Waals surface area contributed by atoms with Crippen LogP contribution in [0.2, 0.25) is 0 Å². The minimum Gasteiger partial charge on any atom is -0.388 e. The molecule has 22 heavy (non-hydrogen) atoms. The molecule has 3 rings (SSSR count). The summed E-state index contributed by atoms with van der Waals surface area (Å²) >= 11 is 0. The predicted octanol–water partition coefficient (Wildman–Crippen LogP) is 3.79. The molecule has 0 saturated carbocycles. The molecule has 116 valence electrons. The minimum atomic E-state index is 0.364. The lowest BCUT2D eigenvalue weighted by molar-refractivity contribution is 0.464. The number of nitrogens with one attached hydrogen (secondary N) is 2. The van der Waals surface area contributed by atoms with Crippen molar-refractivity contribution in [2.75, 3.05) is 18.4 Å². The third kappa shape index (κ3) is 4.64. The van der Waals surface area contributed by atoms with Crippen LogP contribution >= 0.6 is 0 Å². The lowest BCUT2D eigenvalue weighted by Gasteiger charge is -2.20. The van der Waals surface area contributed by atoms with Gasteiger partial charge in [0.25, 0.3) is 6.26 Å². The lowest BCUT2D eigenvalue weighted by Crippen LogP contribution is -2.21. The summed E-state index contributed by atoms with van der Waals surface area (Å²) in [7, 11) is 0. The van der Waals surface area contributed by atoms with Crippen molar-refractivity contribution in [2.45, 2.75) is 32.1 Å². The van der Waals surface area contributed by atoms with Gasteiger partial charge >= 0.3 is 0 Å². The maximum absolute atomic E-state index is 8.42. The highest BCUT2D eigenvalue weighted by Crippen LogP contribution is 2.28. The van der Waals surface area contributed by atoms with Gasteiger partial charge in [-0.25, -0.2) is 0 Å². The smallest absolute Gasteiger partial charge is 0.292 e. The minimum absolute atomic E-state index is 0.364. The topological polar surface area (TPSA) is 57.1 Å². The molecular weight excluding hydrogens is 274 g/mol. The van der Waals surface area contributed by atoms with E-state index in [1.807, 2.05) is 18.2 Å². The van der Waals surface area contributed by atoms with Crippen LogP contribution in [0.4, 0.5) is 5.69 Å². The number of allylic oxidation sites excluding steroid dienone is 1. The summed E-state index contributed by atoms with van der Waals surface area (Å²) in [6.07, 6.45) is 7.79. The summed E-state index contributed by atoms with van der Waals surface area (Å²) in [5.41, 5.74) is 4.09. The number of anilines is 1. The first-order valence-electron chi connectivity index (χ1n) is 7.74. The number of aryl methyl sites for hydroxylation is 1. The van der Waals surface area contributed by atoms with Crippen LogP contribution in [-0.2, 0) is 11.2 Å².